The lowest BCUT2D eigenvalue weighted by molar-refractivity contribution is -0.0424. The van der Waals surface area contributed by atoms with Crippen LogP contribution in [0.2, 0.25) is 18.1 Å². The maximum Gasteiger partial charge on any atom is 0.192 e. The average Bonchev–Trinajstić information content (AvgIpc) is 2.56. The van der Waals surface area contributed by atoms with E-state index in [2.05, 4.69) is 54.3 Å². The Kier molecular flexibility index (Phi) is 7.91. The Hall–Kier alpha value is -1.10. The van der Waals surface area contributed by atoms with E-state index < -0.39 is 8.32 Å². The zero-order valence-corrected chi connectivity index (χ0v) is 18.3. The Balaban J connectivity index is 2.79. The van der Waals surface area contributed by atoms with Crippen LogP contribution in [0.5, 0.6) is 5.75 Å². The molecule has 0 saturated heterocycles. The van der Waals surface area contributed by atoms with Crippen LogP contribution in [0.1, 0.15) is 40.2 Å². The molecule has 0 amide bonds. The van der Waals surface area contributed by atoms with Gasteiger partial charge < -0.3 is 13.9 Å². The zero-order chi connectivity index (χ0) is 19.3. The molecule has 1 rings (SSSR count). The Labute approximate surface area is 155 Å². The van der Waals surface area contributed by atoms with Crippen LogP contribution >= 0.6 is 0 Å². The van der Waals surface area contributed by atoms with E-state index >= 15 is 0 Å². The van der Waals surface area contributed by atoms with E-state index in [4.69, 9.17) is 13.9 Å². The summed E-state index contributed by atoms with van der Waals surface area (Å²) in [4.78, 5) is 0. The maximum absolute atomic E-state index is 6.66. The molecule has 0 saturated carbocycles. The number of hydrogen-bond acceptors (Lipinski definition) is 3. The quantitative estimate of drug-likeness (QED) is 0.408. The molecule has 3 nitrogen and oxygen atoms in total. The van der Waals surface area contributed by atoms with Gasteiger partial charge in [-0.3, -0.25) is 0 Å². The molecule has 4 heteroatoms. The first kappa shape index (κ1) is 21.9. The summed E-state index contributed by atoms with van der Waals surface area (Å²) in [7, 11) is -0.201. The summed E-state index contributed by atoms with van der Waals surface area (Å²) in [6, 6.07) is 7.98. The number of rotatable bonds is 9. The molecule has 25 heavy (non-hydrogen) atoms. The van der Waals surface area contributed by atoms with Crippen molar-refractivity contribution in [2.45, 2.75) is 71.6 Å². The minimum absolute atomic E-state index is 0.00998. The van der Waals surface area contributed by atoms with E-state index in [0.717, 1.165) is 11.3 Å². The van der Waals surface area contributed by atoms with Crippen LogP contribution in [0.15, 0.2) is 36.9 Å². The van der Waals surface area contributed by atoms with E-state index in [1.54, 1.807) is 7.11 Å². The molecule has 1 aromatic carbocycles. The molecule has 0 aliphatic rings. The van der Waals surface area contributed by atoms with Gasteiger partial charge in [-0.05, 0) is 42.8 Å². The molecule has 0 fully saturated rings. The zero-order valence-electron chi connectivity index (χ0n) is 17.3. The van der Waals surface area contributed by atoms with Crippen molar-refractivity contribution in [2.75, 3.05) is 7.11 Å². The van der Waals surface area contributed by atoms with Crippen molar-refractivity contribution >= 4 is 8.32 Å². The van der Waals surface area contributed by atoms with Crippen LogP contribution in [-0.4, -0.2) is 27.6 Å². The summed E-state index contributed by atoms with van der Waals surface area (Å²) < 4.78 is 18.0. The number of benzene rings is 1. The molecule has 0 aliphatic carbocycles. The number of hydrogen-bond donors (Lipinski definition) is 0. The van der Waals surface area contributed by atoms with Crippen LogP contribution in [0.25, 0.3) is 0 Å². The van der Waals surface area contributed by atoms with E-state index in [1.165, 1.54) is 0 Å². The molecule has 0 N–H and O–H groups in total. The summed E-state index contributed by atoms with van der Waals surface area (Å²) in [5, 5.41) is 0.168. The lowest BCUT2D eigenvalue weighted by atomic mass is 10.0. The Morgan fingerprint density at radius 2 is 1.68 bits per heavy atom. The van der Waals surface area contributed by atoms with Crippen molar-refractivity contribution in [3.63, 3.8) is 0 Å². The summed E-state index contributed by atoms with van der Waals surface area (Å²) in [5.41, 5.74) is 1.13. The second-order valence-corrected chi connectivity index (χ2v) is 13.1. The van der Waals surface area contributed by atoms with E-state index in [-0.39, 0.29) is 23.2 Å². The fourth-order valence-electron chi connectivity index (χ4n) is 2.33. The summed E-state index contributed by atoms with van der Waals surface area (Å²) in [6.07, 6.45) is 1.96. The molecular weight excluding hydrogens is 328 g/mol. The third-order valence-electron chi connectivity index (χ3n) is 5.26. The van der Waals surface area contributed by atoms with E-state index in [0.29, 0.717) is 6.61 Å². The van der Waals surface area contributed by atoms with Crippen LogP contribution in [0.4, 0.5) is 0 Å². The molecule has 0 spiro atoms. The van der Waals surface area contributed by atoms with Gasteiger partial charge in [-0.2, -0.15) is 0 Å². The highest BCUT2D eigenvalue weighted by atomic mass is 28.4. The van der Waals surface area contributed by atoms with E-state index in [9.17, 15) is 0 Å². The van der Waals surface area contributed by atoms with Crippen molar-refractivity contribution in [2.24, 2.45) is 5.92 Å². The minimum atomic E-state index is -1.87. The molecule has 0 unspecified atom stereocenters. The van der Waals surface area contributed by atoms with Crippen LogP contribution in [0, 0.1) is 5.92 Å². The van der Waals surface area contributed by atoms with Crippen molar-refractivity contribution in [3.05, 3.63) is 42.5 Å². The van der Waals surface area contributed by atoms with Gasteiger partial charge >= 0.3 is 0 Å². The molecule has 142 valence electrons. The monoisotopic (exact) mass is 364 g/mol. The minimum Gasteiger partial charge on any atom is -0.497 e. The SMILES string of the molecule is C=C[C@H](C)[C@H](O[Si](C)(C)C(C)(C)C)[C@H](C)OCc1ccc(OC)cc1. The van der Waals surface area contributed by atoms with Gasteiger partial charge in [0, 0.05) is 5.92 Å². The lowest BCUT2D eigenvalue weighted by Gasteiger charge is -2.42. The summed E-state index contributed by atoms with van der Waals surface area (Å²) in [5.74, 6) is 1.09. The van der Waals surface area contributed by atoms with Crippen molar-refractivity contribution in [1.29, 1.82) is 0 Å². The van der Waals surface area contributed by atoms with Crippen LogP contribution in [0.3, 0.4) is 0 Å². The van der Waals surface area contributed by atoms with Crippen LogP contribution < -0.4 is 4.74 Å². The van der Waals surface area contributed by atoms with Gasteiger partial charge in [-0.25, -0.2) is 0 Å². The first-order chi connectivity index (χ1) is 11.5. The Morgan fingerprint density at radius 1 is 1.12 bits per heavy atom. The second-order valence-electron chi connectivity index (χ2n) is 8.30. The Bertz CT molecular complexity index is 531. The predicted octanol–water partition coefficient (Wildman–Crippen LogP) is 5.81. The largest absolute Gasteiger partial charge is 0.497 e. The number of methoxy groups -OCH3 is 1. The van der Waals surface area contributed by atoms with Crippen LogP contribution in [-0.2, 0) is 15.8 Å². The highest BCUT2D eigenvalue weighted by Crippen LogP contribution is 2.38. The predicted molar refractivity (Wildman–Crippen MR) is 109 cm³/mol. The molecule has 0 heterocycles. The second kappa shape index (κ2) is 9.02. The van der Waals surface area contributed by atoms with E-state index in [1.807, 2.05) is 30.3 Å². The van der Waals surface area contributed by atoms with Gasteiger partial charge in [0.2, 0.25) is 0 Å². The standard InChI is InChI=1S/C21H36O3Si/c1-10-16(2)20(24-25(8,9)21(4,5)6)17(3)23-15-18-11-13-19(22-7)14-12-18/h10-14,16-17,20H,1,15H2,2-9H3/t16-,17-,20-/m0/s1. The molecule has 3 atom stereocenters. The lowest BCUT2D eigenvalue weighted by Crippen LogP contribution is -2.48. The first-order valence-electron chi connectivity index (χ1n) is 9.06. The van der Waals surface area contributed by atoms with Crippen molar-refractivity contribution in [1.82, 2.24) is 0 Å². The van der Waals surface area contributed by atoms with Gasteiger partial charge in [0.1, 0.15) is 5.75 Å². The highest BCUT2D eigenvalue weighted by molar-refractivity contribution is 6.74. The highest BCUT2D eigenvalue weighted by Gasteiger charge is 2.41. The fraction of sp³-hybridized carbons (Fsp3) is 0.619. The van der Waals surface area contributed by atoms with Crippen molar-refractivity contribution < 1.29 is 13.9 Å². The molecule has 0 aromatic heterocycles. The van der Waals surface area contributed by atoms with Gasteiger partial charge in [0.25, 0.3) is 0 Å². The summed E-state index contributed by atoms with van der Waals surface area (Å²) in [6.45, 7) is 20.1. The molecular formula is C21H36O3Si. The third kappa shape index (κ3) is 6.28. The van der Waals surface area contributed by atoms with Crippen molar-refractivity contribution in [3.8, 4) is 5.75 Å². The molecule has 0 aliphatic heterocycles. The first-order valence-corrected chi connectivity index (χ1v) is 12.0. The molecule has 0 radical (unpaired) electrons. The van der Waals surface area contributed by atoms with Gasteiger partial charge in [0.05, 0.1) is 25.9 Å². The smallest absolute Gasteiger partial charge is 0.192 e. The molecule has 0 bridgehead atoms. The third-order valence-corrected chi connectivity index (χ3v) is 9.74. The Morgan fingerprint density at radius 3 is 2.12 bits per heavy atom. The topological polar surface area (TPSA) is 27.7 Å². The fourth-order valence-corrected chi connectivity index (χ4v) is 3.77. The average molecular weight is 365 g/mol. The van der Waals surface area contributed by atoms with Gasteiger partial charge in [-0.1, -0.05) is 45.9 Å². The van der Waals surface area contributed by atoms with Gasteiger partial charge in [-0.15, -0.1) is 6.58 Å². The van der Waals surface area contributed by atoms with Gasteiger partial charge in [0.15, 0.2) is 8.32 Å². The number of ether oxygens (including phenoxy) is 2. The summed E-state index contributed by atoms with van der Waals surface area (Å²) >= 11 is 0. The molecule has 1 aromatic rings. The normalized spacial score (nSPS) is 16.2. The maximum atomic E-state index is 6.66.